The van der Waals surface area contributed by atoms with Gasteiger partial charge in [0.1, 0.15) is 5.60 Å². The van der Waals surface area contributed by atoms with Gasteiger partial charge in [-0.2, -0.15) is 0 Å². The zero-order valence-corrected chi connectivity index (χ0v) is 18.5. The van der Waals surface area contributed by atoms with E-state index >= 15 is 0 Å². The number of nitrogens with two attached hydrogens (primary N) is 1. The molecule has 0 spiro atoms. The van der Waals surface area contributed by atoms with Gasteiger partial charge in [0.15, 0.2) is 0 Å². The Balaban J connectivity index is 0.00000300. The zero-order valence-electron chi connectivity index (χ0n) is 17.7. The van der Waals surface area contributed by atoms with Crippen LogP contribution in [0, 0.1) is 5.92 Å². The average molecular weight is 417 g/mol. The number of carbonyl (C=O) groups is 1. The van der Waals surface area contributed by atoms with Crippen LogP contribution in [0.25, 0.3) is 11.1 Å². The van der Waals surface area contributed by atoms with Crippen molar-refractivity contribution in [3.8, 4) is 11.1 Å². The van der Waals surface area contributed by atoms with Crippen LogP contribution >= 0.6 is 12.4 Å². The molecule has 1 fully saturated rings. The lowest BCUT2D eigenvalue weighted by molar-refractivity contribution is 0.0184. The van der Waals surface area contributed by atoms with Gasteiger partial charge in [-0.1, -0.05) is 42.5 Å². The van der Waals surface area contributed by atoms with Gasteiger partial charge in [0.2, 0.25) is 0 Å². The molecule has 0 radical (unpaired) electrons. The van der Waals surface area contributed by atoms with Gasteiger partial charge in [0.05, 0.1) is 0 Å². The number of carbonyl (C=O) groups excluding carboxylic acids is 1. The summed E-state index contributed by atoms with van der Waals surface area (Å²) in [5, 5.41) is 0. The predicted octanol–water partition coefficient (Wildman–Crippen LogP) is 5.42. The summed E-state index contributed by atoms with van der Waals surface area (Å²) >= 11 is 0. The molecule has 5 heteroatoms. The van der Waals surface area contributed by atoms with Gasteiger partial charge in [-0.05, 0) is 74.3 Å². The van der Waals surface area contributed by atoms with E-state index in [9.17, 15) is 4.79 Å². The third kappa shape index (κ3) is 6.76. The minimum absolute atomic E-state index is 0. The van der Waals surface area contributed by atoms with Crippen molar-refractivity contribution in [1.29, 1.82) is 0 Å². The summed E-state index contributed by atoms with van der Waals surface area (Å²) < 4.78 is 5.49. The van der Waals surface area contributed by atoms with Gasteiger partial charge < -0.3 is 15.4 Å². The second-order valence-electron chi connectivity index (χ2n) is 8.72. The molecule has 1 heterocycles. The highest BCUT2D eigenvalue weighted by molar-refractivity contribution is 5.85. The third-order valence-electron chi connectivity index (χ3n) is 5.21. The molecule has 0 atom stereocenters. The Morgan fingerprint density at radius 1 is 1.03 bits per heavy atom. The summed E-state index contributed by atoms with van der Waals surface area (Å²) in [5.41, 5.74) is 10.3. The van der Waals surface area contributed by atoms with E-state index in [1.165, 1.54) is 16.7 Å². The van der Waals surface area contributed by atoms with Crippen molar-refractivity contribution in [2.45, 2.75) is 52.2 Å². The van der Waals surface area contributed by atoms with Crippen LogP contribution in [0.4, 0.5) is 4.79 Å². The molecule has 4 nitrogen and oxygen atoms in total. The van der Waals surface area contributed by atoms with Crippen molar-refractivity contribution in [3.63, 3.8) is 0 Å². The number of nitrogens with zero attached hydrogens (tertiary/aromatic N) is 1. The van der Waals surface area contributed by atoms with E-state index in [-0.39, 0.29) is 18.5 Å². The Hall–Kier alpha value is -2.04. The first-order chi connectivity index (χ1) is 13.3. The van der Waals surface area contributed by atoms with Crippen molar-refractivity contribution in [2.24, 2.45) is 11.7 Å². The van der Waals surface area contributed by atoms with Crippen LogP contribution in [0.3, 0.4) is 0 Å². The molecule has 1 saturated heterocycles. The van der Waals surface area contributed by atoms with Crippen LogP contribution < -0.4 is 5.73 Å². The molecule has 0 aromatic heterocycles. The number of ether oxygens (including phenoxy) is 1. The van der Waals surface area contributed by atoms with Gasteiger partial charge in [-0.15, -0.1) is 12.4 Å². The minimum Gasteiger partial charge on any atom is -0.444 e. The molecule has 2 aromatic rings. The van der Waals surface area contributed by atoms with Gasteiger partial charge in [0.25, 0.3) is 0 Å². The molecule has 3 rings (SSSR count). The average Bonchev–Trinajstić information content (AvgIpc) is 2.67. The van der Waals surface area contributed by atoms with Crippen LogP contribution in [0.15, 0.2) is 48.5 Å². The monoisotopic (exact) mass is 416 g/mol. The molecule has 2 aromatic carbocycles. The summed E-state index contributed by atoms with van der Waals surface area (Å²) in [6, 6.07) is 17.2. The Kier molecular flexibility index (Phi) is 8.12. The summed E-state index contributed by atoms with van der Waals surface area (Å²) in [6.07, 6.45) is 2.90. The molecule has 0 unspecified atom stereocenters. The van der Waals surface area contributed by atoms with Crippen molar-refractivity contribution in [1.82, 2.24) is 4.90 Å². The number of benzene rings is 2. The highest BCUT2D eigenvalue weighted by Gasteiger charge is 2.26. The number of halogens is 1. The van der Waals surface area contributed by atoms with Crippen LogP contribution in [0.5, 0.6) is 0 Å². The van der Waals surface area contributed by atoms with E-state index in [1.54, 1.807) is 0 Å². The number of amides is 1. The second-order valence-corrected chi connectivity index (χ2v) is 8.72. The molecule has 29 heavy (non-hydrogen) atoms. The number of piperidine rings is 1. The normalized spacial score (nSPS) is 15.0. The highest BCUT2D eigenvalue weighted by Crippen LogP contribution is 2.26. The molecule has 1 aliphatic rings. The van der Waals surface area contributed by atoms with Crippen LogP contribution in [-0.4, -0.2) is 29.7 Å². The predicted molar refractivity (Wildman–Crippen MR) is 121 cm³/mol. The molecule has 0 bridgehead atoms. The number of rotatable bonds is 4. The molecule has 0 aliphatic carbocycles. The van der Waals surface area contributed by atoms with E-state index < -0.39 is 5.60 Å². The Bertz CT molecular complexity index is 809. The first kappa shape index (κ1) is 23.2. The lowest BCUT2D eigenvalue weighted by atomic mass is 9.89. The van der Waals surface area contributed by atoms with E-state index in [1.807, 2.05) is 25.7 Å². The van der Waals surface area contributed by atoms with Crippen LogP contribution in [0.1, 0.15) is 44.7 Å². The quantitative estimate of drug-likeness (QED) is 0.723. The molecule has 1 amide bonds. The Labute approximate surface area is 180 Å². The largest absolute Gasteiger partial charge is 0.444 e. The SMILES string of the molecule is CC(C)(C)OC(=O)N1CCC(Cc2cccc(-c3cccc(CN)c3)c2)CC1.Cl. The van der Waals surface area contributed by atoms with Crippen molar-refractivity contribution >= 4 is 18.5 Å². The Morgan fingerprint density at radius 3 is 2.14 bits per heavy atom. The third-order valence-corrected chi connectivity index (χ3v) is 5.21. The minimum atomic E-state index is -0.435. The lowest BCUT2D eigenvalue weighted by Gasteiger charge is -2.33. The molecule has 0 saturated carbocycles. The number of hydrogen-bond acceptors (Lipinski definition) is 3. The fourth-order valence-corrected chi connectivity index (χ4v) is 3.74. The molecule has 158 valence electrons. The van der Waals surface area contributed by atoms with Gasteiger partial charge in [-0.3, -0.25) is 0 Å². The standard InChI is InChI=1S/C24H32N2O2.ClH/c1-24(2,3)28-23(27)26-12-10-18(11-13-26)14-19-6-4-8-21(15-19)22-9-5-7-20(16-22)17-25;/h4-9,15-16,18H,10-14,17,25H2,1-3H3;1H. The van der Waals surface area contributed by atoms with Gasteiger partial charge in [0, 0.05) is 19.6 Å². The summed E-state index contributed by atoms with van der Waals surface area (Å²) in [7, 11) is 0. The maximum absolute atomic E-state index is 12.2. The van der Waals surface area contributed by atoms with E-state index in [4.69, 9.17) is 10.5 Å². The molecular weight excluding hydrogens is 384 g/mol. The maximum atomic E-state index is 12.2. The lowest BCUT2D eigenvalue weighted by Crippen LogP contribution is -2.42. The fourth-order valence-electron chi connectivity index (χ4n) is 3.74. The molecule has 2 N–H and O–H groups in total. The first-order valence-electron chi connectivity index (χ1n) is 10.2. The topological polar surface area (TPSA) is 55.6 Å². The van der Waals surface area contributed by atoms with Crippen LogP contribution in [0.2, 0.25) is 0 Å². The molecule has 1 aliphatic heterocycles. The second kappa shape index (κ2) is 10.1. The fraction of sp³-hybridized carbons (Fsp3) is 0.458. The van der Waals surface area contributed by atoms with Gasteiger partial charge in [-0.25, -0.2) is 4.79 Å². The number of likely N-dealkylation sites (tertiary alicyclic amines) is 1. The maximum Gasteiger partial charge on any atom is 0.410 e. The first-order valence-corrected chi connectivity index (χ1v) is 10.2. The van der Waals surface area contributed by atoms with Crippen molar-refractivity contribution < 1.29 is 9.53 Å². The summed E-state index contributed by atoms with van der Waals surface area (Å²) in [5.74, 6) is 0.601. The van der Waals surface area contributed by atoms with Crippen LogP contribution in [-0.2, 0) is 17.7 Å². The summed E-state index contributed by atoms with van der Waals surface area (Å²) in [6.45, 7) is 7.84. The van der Waals surface area contributed by atoms with Crippen molar-refractivity contribution in [3.05, 3.63) is 59.7 Å². The zero-order chi connectivity index (χ0) is 20.1. The Morgan fingerprint density at radius 2 is 1.59 bits per heavy atom. The molecular formula is C24H33ClN2O2. The summed E-state index contributed by atoms with van der Waals surface area (Å²) in [4.78, 5) is 14.1. The van der Waals surface area contributed by atoms with E-state index in [0.29, 0.717) is 12.5 Å². The highest BCUT2D eigenvalue weighted by atomic mass is 35.5. The van der Waals surface area contributed by atoms with Crippen molar-refractivity contribution in [2.75, 3.05) is 13.1 Å². The van der Waals surface area contributed by atoms with E-state index in [2.05, 4.69) is 48.5 Å². The smallest absolute Gasteiger partial charge is 0.410 e. The van der Waals surface area contributed by atoms with Gasteiger partial charge >= 0.3 is 6.09 Å². The number of hydrogen-bond donors (Lipinski definition) is 1. The van der Waals surface area contributed by atoms with E-state index in [0.717, 1.165) is 37.9 Å².